The SMILES string of the molecule is C=C(C)c1nnc(-c2cnc(OC)nc2OC)cc1C1C[C@@H]1CC. The molecule has 1 aliphatic rings. The zero-order valence-corrected chi connectivity index (χ0v) is 14.5. The van der Waals surface area contributed by atoms with E-state index in [-0.39, 0.29) is 6.01 Å². The number of aromatic nitrogens is 4. The fraction of sp³-hybridized carbons (Fsp3) is 0.444. The molecule has 1 unspecified atom stereocenters. The van der Waals surface area contributed by atoms with Crippen LogP contribution in [-0.2, 0) is 0 Å². The first-order valence-corrected chi connectivity index (χ1v) is 8.07. The second-order valence-electron chi connectivity index (χ2n) is 6.10. The summed E-state index contributed by atoms with van der Waals surface area (Å²) < 4.78 is 10.4. The standard InChI is InChI=1S/C18H22N4O2/c1-6-11-7-12(11)13-8-15(21-22-16(13)10(2)3)14-9-19-18(24-5)20-17(14)23-4/h8-9,11-12H,2,6-7H2,1,3-5H3/t11-,12?/m0/s1. The van der Waals surface area contributed by atoms with Crippen molar-refractivity contribution < 1.29 is 9.47 Å². The Balaban J connectivity index is 2.06. The number of nitrogens with zero attached hydrogens (tertiary/aromatic N) is 4. The van der Waals surface area contributed by atoms with E-state index in [1.165, 1.54) is 25.5 Å². The molecule has 0 saturated heterocycles. The average molecular weight is 326 g/mol. The number of methoxy groups -OCH3 is 2. The highest BCUT2D eigenvalue weighted by Gasteiger charge is 2.39. The van der Waals surface area contributed by atoms with Gasteiger partial charge in [-0.2, -0.15) is 4.98 Å². The molecule has 1 saturated carbocycles. The van der Waals surface area contributed by atoms with Crippen molar-refractivity contribution >= 4 is 5.57 Å². The van der Waals surface area contributed by atoms with Crippen LogP contribution in [0.15, 0.2) is 18.8 Å². The molecule has 6 heteroatoms. The summed E-state index contributed by atoms with van der Waals surface area (Å²) in [7, 11) is 3.09. The number of hydrogen-bond donors (Lipinski definition) is 0. The first-order valence-electron chi connectivity index (χ1n) is 8.07. The highest BCUT2D eigenvalue weighted by Crippen LogP contribution is 2.51. The van der Waals surface area contributed by atoms with Crippen molar-refractivity contribution in [1.29, 1.82) is 0 Å². The number of allylic oxidation sites excluding steroid dienone is 1. The van der Waals surface area contributed by atoms with Crippen LogP contribution in [0.3, 0.4) is 0 Å². The summed E-state index contributed by atoms with van der Waals surface area (Å²) in [6.07, 6.45) is 4.02. The molecule has 1 fully saturated rings. The lowest BCUT2D eigenvalue weighted by Crippen LogP contribution is -2.03. The lowest BCUT2D eigenvalue weighted by Gasteiger charge is -2.11. The molecule has 0 aliphatic heterocycles. The van der Waals surface area contributed by atoms with Crippen LogP contribution in [0.4, 0.5) is 0 Å². The minimum atomic E-state index is 0.260. The van der Waals surface area contributed by atoms with Gasteiger partial charge in [-0.1, -0.05) is 19.9 Å². The Morgan fingerprint density at radius 3 is 2.67 bits per heavy atom. The van der Waals surface area contributed by atoms with Crippen LogP contribution >= 0.6 is 0 Å². The molecule has 0 spiro atoms. The first kappa shape index (κ1) is 16.4. The van der Waals surface area contributed by atoms with Gasteiger partial charge in [-0.05, 0) is 42.4 Å². The van der Waals surface area contributed by atoms with Gasteiger partial charge in [0.2, 0.25) is 5.88 Å². The summed E-state index contributed by atoms with van der Waals surface area (Å²) in [5, 5.41) is 8.75. The molecule has 3 rings (SSSR count). The largest absolute Gasteiger partial charge is 0.480 e. The van der Waals surface area contributed by atoms with Crippen molar-refractivity contribution in [2.75, 3.05) is 14.2 Å². The third-order valence-electron chi connectivity index (χ3n) is 4.46. The molecule has 126 valence electrons. The molecule has 0 radical (unpaired) electrons. The zero-order chi connectivity index (χ0) is 17.3. The molecule has 0 bridgehead atoms. The molecular weight excluding hydrogens is 304 g/mol. The first-order chi connectivity index (χ1) is 11.6. The molecule has 1 aliphatic carbocycles. The smallest absolute Gasteiger partial charge is 0.319 e. The van der Waals surface area contributed by atoms with E-state index >= 15 is 0 Å². The predicted octanol–water partition coefficient (Wildman–Crippen LogP) is 3.50. The van der Waals surface area contributed by atoms with E-state index < -0.39 is 0 Å². The Labute approximate surface area is 142 Å². The normalized spacial score (nSPS) is 19.0. The highest BCUT2D eigenvalue weighted by molar-refractivity contribution is 5.69. The summed E-state index contributed by atoms with van der Waals surface area (Å²) in [6, 6.07) is 2.33. The maximum atomic E-state index is 5.36. The molecule has 0 aromatic carbocycles. The molecule has 6 nitrogen and oxygen atoms in total. The topological polar surface area (TPSA) is 70.0 Å². The summed E-state index contributed by atoms with van der Waals surface area (Å²) in [4.78, 5) is 8.39. The maximum Gasteiger partial charge on any atom is 0.319 e. The number of ether oxygens (including phenoxy) is 2. The molecule has 2 aromatic rings. The van der Waals surface area contributed by atoms with E-state index in [2.05, 4.69) is 39.7 Å². The summed E-state index contributed by atoms with van der Waals surface area (Å²) in [5.41, 5.74) is 4.44. The van der Waals surface area contributed by atoms with Gasteiger partial charge in [-0.15, -0.1) is 10.2 Å². The second kappa shape index (κ2) is 6.55. The summed E-state index contributed by atoms with van der Waals surface area (Å²) in [5.74, 6) is 1.67. The van der Waals surface area contributed by atoms with E-state index in [9.17, 15) is 0 Å². The summed E-state index contributed by atoms with van der Waals surface area (Å²) in [6.45, 7) is 8.23. The quantitative estimate of drug-likeness (QED) is 0.809. The van der Waals surface area contributed by atoms with Gasteiger partial charge >= 0.3 is 6.01 Å². The molecular formula is C18H22N4O2. The third-order valence-corrected chi connectivity index (χ3v) is 4.46. The van der Waals surface area contributed by atoms with E-state index in [0.29, 0.717) is 29.0 Å². The van der Waals surface area contributed by atoms with Gasteiger partial charge in [0.05, 0.1) is 25.5 Å². The van der Waals surface area contributed by atoms with Gasteiger partial charge in [-0.25, -0.2) is 4.98 Å². The van der Waals surface area contributed by atoms with Crippen LogP contribution in [0.25, 0.3) is 16.8 Å². The van der Waals surface area contributed by atoms with Gasteiger partial charge in [0.1, 0.15) is 5.69 Å². The van der Waals surface area contributed by atoms with Crippen molar-refractivity contribution in [3.8, 4) is 23.1 Å². The lowest BCUT2D eigenvalue weighted by atomic mass is 10.0. The van der Waals surface area contributed by atoms with Crippen LogP contribution < -0.4 is 9.47 Å². The van der Waals surface area contributed by atoms with Crippen LogP contribution in [-0.4, -0.2) is 34.4 Å². The van der Waals surface area contributed by atoms with Gasteiger partial charge in [0.25, 0.3) is 0 Å². The average Bonchev–Trinajstić information content (AvgIpc) is 3.40. The fourth-order valence-corrected chi connectivity index (χ4v) is 3.01. The Bertz CT molecular complexity index is 776. The van der Waals surface area contributed by atoms with Crippen LogP contribution in [0.1, 0.15) is 43.9 Å². The van der Waals surface area contributed by atoms with Crippen molar-refractivity contribution in [3.63, 3.8) is 0 Å². The molecule has 2 atom stereocenters. The van der Waals surface area contributed by atoms with E-state index in [4.69, 9.17) is 9.47 Å². The fourth-order valence-electron chi connectivity index (χ4n) is 3.01. The second-order valence-corrected chi connectivity index (χ2v) is 6.10. The minimum Gasteiger partial charge on any atom is -0.480 e. The van der Waals surface area contributed by atoms with Gasteiger partial charge < -0.3 is 9.47 Å². The molecule has 2 aromatic heterocycles. The zero-order valence-electron chi connectivity index (χ0n) is 14.5. The van der Waals surface area contributed by atoms with Crippen molar-refractivity contribution in [2.24, 2.45) is 5.92 Å². The highest BCUT2D eigenvalue weighted by atomic mass is 16.5. The van der Waals surface area contributed by atoms with Gasteiger partial charge in [-0.3, -0.25) is 0 Å². The van der Waals surface area contributed by atoms with Crippen LogP contribution in [0, 0.1) is 5.92 Å². The van der Waals surface area contributed by atoms with Gasteiger partial charge in [0, 0.05) is 6.20 Å². The number of rotatable bonds is 6. The van der Waals surface area contributed by atoms with Gasteiger partial charge in [0.15, 0.2) is 0 Å². The number of hydrogen-bond acceptors (Lipinski definition) is 6. The van der Waals surface area contributed by atoms with E-state index in [1.54, 1.807) is 13.3 Å². The van der Waals surface area contributed by atoms with Crippen molar-refractivity contribution in [1.82, 2.24) is 20.2 Å². The van der Waals surface area contributed by atoms with Crippen molar-refractivity contribution in [2.45, 2.75) is 32.6 Å². The monoisotopic (exact) mass is 326 g/mol. The lowest BCUT2D eigenvalue weighted by molar-refractivity contribution is 0.353. The minimum absolute atomic E-state index is 0.260. The van der Waals surface area contributed by atoms with E-state index in [0.717, 1.165) is 11.3 Å². The Morgan fingerprint density at radius 1 is 1.29 bits per heavy atom. The predicted molar refractivity (Wildman–Crippen MR) is 92.0 cm³/mol. The Kier molecular flexibility index (Phi) is 4.46. The Morgan fingerprint density at radius 2 is 2.08 bits per heavy atom. The molecule has 24 heavy (non-hydrogen) atoms. The molecule has 2 heterocycles. The van der Waals surface area contributed by atoms with Crippen LogP contribution in [0.5, 0.6) is 11.9 Å². The molecule has 0 amide bonds. The van der Waals surface area contributed by atoms with Crippen molar-refractivity contribution in [3.05, 3.63) is 30.1 Å². The maximum absolute atomic E-state index is 5.36. The molecule has 0 N–H and O–H groups in total. The summed E-state index contributed by atoms with van der Waals surface area (Å²) >= 11 is 0. The van der Waals surface area contributed by atoms with Crippen LogP contribution in [0.2, 0.25) is 0 Å². The van der Waals surface area contributed by atoms with E-state index in [1.807, 2.05) is 6.92 Å². The Hall–Kier alpha value is -2.50. The third kappa shape index (κ3) is 2.96.